The molecule has 3 aromatic rings. The Kier molecular flexibility index (Phi) is 12.9. The minimum atomic E-state index is -0.933. The molecule has 2 aromatic carbocycles. The first kappa shape index (κ1) is 33.5. The Hall–Kier alpha value is -4.01. The molecular weight excluding hydrogens is 584 g/mol. The van der Waals surface area contributed by atoms with Crippen LogP contribution in [0.3, 0.4) is 0 Å². The Morgan fingerprint density at radius 1 is 1.00 bits per heavy atom. The summed E-state index contributed by atoms with van der Waals surface area (Å²) in [5.41, 5.74) is 11.2. The van der Waals surface area contributed by atoms with Crippen LogP contribution in [0.5, 0.6) is 5.75 Å². The first-order valence-corrected chi connectivity index (χ1v) is 14.6. The van der Waals surface area contributed by atoms with Gasteiger partial charge in [0.2, 0.25) is 5.13 Å². The van der Waals surface area contributed by atoms with E-state index in [1.54, 1.807) is 24.3 Å². The van der Waals surface area contributed by atoms with Crippen LogP contribution in [0.2, 0.25) is 0 Å². The monoisotopic (exact) mass is 619 g/mol. The van der Waals surface area contributed by atoms with Gasteiger partial charge in [0.25, 0.3) is 5.91 Å². The molecular formula is C29H35F2N5O6S. The second-order valence-corrected chi connectivity index (χ2v) is 11.2. The molecule has 11 nitrogen and oxygen atoms in total. The zero-order valence-corrected chi connectivity index (χ0v) is 24.2. The van der Waals surface area contributed by atoms with E-state index in [1.807, 2.05) is 0 Å². The van der Waals surface area contributed by atoms with Crippen LogP contribution >= 0.6 is 11.3 Å². The van der Waals surface area contributed by atoms with Crippen molar-refractivity contribution in [3.8, 4) is 5.75 Å². The molecule has 1 aromatic heterocycles. The van der Waals surface area contributed by atoms with Crippen LogP contribution in [-0.4, -0.2) is 56.9 Å². The predicted molar refractivity (Wildman–Crippen MR) is 156 cm³/mol. The van der Waals surface area contributed by atoms with Crippen LogP contribution in [0, 0.1) is 17.6 Å². The minimum Gasteiger partial charge on any atom is -0.490 e. The van der Waals surface area contributed by atoms with E-state index in [0.717, 1.165) is 30.2 Å². The van der Waals surface area contributed by atoms with Gasteiger partial charge in [0.15, 0.2) is 0 Å². The Morgan fingerprint density at radius 2 is 1.65 bits per heavy atom. The van der Waals surface area contributed by atoms with Crippen molar-refractivity contribution in [1.82, 2.24) is 10.2 Å². The van der Waals surface area contributed by atoms with Gasteiger partial charge in [0.05, 0.1) is 12.0 Å². The Balaban J connectivity index is 0.000000436. The minimum absolute atomic E-state index is 0.0355. The Labute approximate surface area is 251 Å². The standard InChI is InChI=1S/C23H21F2N3O4S.C6H14N2O2/c24-16-9-13(10-17(25)12-16)11-20-27-28-23(33-20)26-21(29)14-1-5-18(6-2-14)32-19-7-3-15(4-8-19)22(30)31;7-4-2-1-3-5(8)6(9)10/h1-2,5-6,9-10,12,15,19H,3-4,7-8,11H2,(H,30,31)(H,26,28,29);5H,1-4,7-8H2,(H,9,10)/t;5-/m.0/s1. The number of hydrogen-bond donors (Lipinski definition) is 5. The number of hydrogen-bond acceptors (Lipinski definition) is 9. The summed E-state index contributed by atoms with van der Waals surface area (Å²) in [5.74, 6) is -3.07. The number of nitrogens with two attached hydrogens (primary N) is 2. The average Bonchev–Trinajstić information content (AvgIpc) is 3.39. The molecule has 1 heterocycles. The zero-order chi connectivity index (χ0) is 31.4. The highest BCUT2D eigenvalue weighted by atomic mass is 32.1. The number of carboxylic acid groups (broad SMARTS) is 2. The number of nitrogens with zero attached hydrogens (tertiary/aromatic N) is 2. The topological polar surface area (TPSA) is 191 Å². The lowest BCUT2D eigenvalue weighted by molar-refractivity contribution is -0.143. The molecule has 7 N–H and O–H groups in total. The van der Waals surface area contributed by atoms with Gasteiger partial charge in [-0.2, -0.15) is 0 Å². The fourth-order valence-corrected chi connectivity index (χ4v) is 5.14. The smallest absolute Gasteiger partial charge is 0.320 e. The molecule has 1 aliphatic rings. The van der Waals surface area contributed by atoms with Gasteiger partial charge in [-0.3, -0.25) is 19.7 Å². The molecule has 43 heavy (non-hydrogen) atoms. The number of anilines is 1. The number of halogens is 2. The normalized spacial score (nSPS) is 16.8. The lowest BCUT2D eigenvalue weighted by Gasteiger charge is -2.26. The molecule has 0 spiro atoms. The maximum Gasteiger partial charge on any atom is 0.320 e. The van der Waals surface area contributed by atoms with Crippen LogP contribution in [0.1, 0.15) is 65.9 Å². The summed E-state index contributed by atoms with van der Waals surface area (Å²) in [6.45, 7) is 0.604. The molecule has 1 amide bonds. The van der Waals surface area contributed by atoms with Gasteiger partial charge in [0.1, 0.15) is 28.4 Å². The molecule has 0 saturated heterocycles. The summed E-state index contributed by atoms with van der Waals surface area (Å²) < 4.78 is 32.6. The maximum absolute atomic E-state index is 13.3. The highest BCUT2D eigenvalue weighted by Gasteiger charge is 2.27. The molecule has 1 saturated carbocycles. The summed E-state index contributed by atoms with van der Waals surface area (Å²) in [6.07, 6.45) is 4.88. The number of benzene rings is 2. The lowest BCUT2D eigenvalue weighted by atomic mass is 9.87. The molecule has 232 valence electrons. The van der Waals surface area contributed by atoms with Crippen LogP contribution < -0.4 is 21.5 Å². The summed E-state index contributed by atoms with van der Waals surface area (Å²) >= 11 is 1.13. The number of rotatable bonds is 12. The van der Waals surface area contributed by atoms with Gasteiger partial charge in [-0.15, -0.1) is 10.2 Å². The molecule has 0 aliphatic heterocycles. The molecule has 1 aliphatic carbocycles. The number of amides is 1. The van der Waals surface area contributed by atoms with Gasteiger partial charge in [-0.25, -0.2) is 8.78 Å². The predicted octanol–water partition coefficient (Wildman–Crippen LogP) is 4.21. The van der Waals surface area contributed by atoms with Crippen molar-refractivity contribution in [2.45, 2.75) is 63.5 Å². The number of carboxylic acids is 2. The third-order valence-electron chi connectivity index (χ3n) is 6.69. The van der Waals surface area contributed by atoms with Gasteiger partial charge >= 0.3 is 11.9 Å². The Bertz CT molecular complexity index is 1350. The van der Waals surface area contributed by atoms with Crippen LogP contribution in [0.4, 0.5) is 13.9 Å². The fraction of sp³-hybridized carbons (Fsp3) is 0.414. The van der Waals surface area contributed by atoms with Crippen LogP contribution in [0.15, 0.2) is 42.5 Å². The molecule has 0 unspecified atom stereocenters. The van der Waals surface area contributed by atoms with Gasteiger partial charge in [0, 0.05) is 18.1 Å². The molecule has 4 rings (SSSR count). The average molecular weight is 620 g/mol. The van der Waals surface area contributed by atoms with Crippen molar-refractivity contribution in [3.05, 3.63) is 70.2 Å². The van der Waals surface area contributed by atoms with Gasteiger partial charge in [-0.1, -0.05) is 17.8 Å². The van der Waals surface area contributed by atoms with E-state index in [4.69, 9.17) is 26.4 Å². The summed E-state index contributed by atoms with van der Waals surface area (Å²) in [7, 11) is 0. The van der Waals surface area contributed by atoms with Crippen LogP contribution in [0.25, 0.3) is 0 Å². The number of aromatic nitrogens is 2. The van der Waals surface area contributed by atoms with E-state index in [1.165, 1.54) is 12.1 Å². The van der Waals surface area contributed by atoms with Crippen molar-refractivity contribution in [1.29, 1.82) is 0 Å². The van der Waals surface area contributed by atoms with E-state index in [2.05, 4.69) is 15.5 Å². The number of aliphatic carboxylic acids is 2. The van der Waals surface area contributed by atoms with Crippen LogP contribution in [-0.2, 0) is 16.0 Å². The second kappa shape index (κ2) is 16.6. The van der Waals surface area contributed by atoms with Gasteiger partial charge in [-0.05, 0) is 87.0 Å². The maximum atomic E-state index is 13.3. The van der Waals surface area contributed by atoms with E-state index in [0.29, 0.717) is 60.5 Å². The summed E-state index contributed by atoms with van der Waals surface area (Å²) in [4.78, 5) is 33.7. The van der Waals surface area contributed by atoms with E-state index in [9.17, 15) is 23.2 Å². The Morgan fingerprint density at radius 3 is 2.23 bits per heavy atom. The number of unbranched alkanes of at least 4 members (excludes halogenated alkanes) is 1. The molecule has 14 heteroatoms. The highest BCUT2D eigenvalue weighted by Crippen LogP contribution is 2.28. The lowest BCUT2D eigenvalue weighted by Crippen LogP contribution is -2.29. The number of nitrogens with one attached hydrogen (secondary N) is 1. The zero-order valence-electron chi connectivity index (χ0n) is 23.4. The molecule has 0 radical (unpaired) electrons. The van der Waals surface area contributed by atoms with E-state index in [-0.39, 0.29) is 29.5 Å². The first-order chi connectivity index (χ1) is 20.5. The van der Waals surface area contributed by atoms with E-state index >= 15 is 0 Å². The molecule has 1 fully saturated rings. The number of carbonyl (C=O) groups excluding carboxylic acids is 1. The van der Waals surface area contributed by atoms with Gasteiger partial charge < -0.3 is 26.4 Å². The third-order valence-corrected chi connectivity index (χ3v) is 7.53. The number of ether oxygens (including phenoxy) is 1. The van der Waals surface area contributed by atoms with Crippen molar-refractivity contribution in [2.75, 3.05) is 11.9 Å². The molecule has 0 bridgehead atoms. The largest absolute Gasteiger partial charge is 0.490 e. The molecule has 1 atom stereocenters. The SMILES string of the molecule is NCCCC[C@H](N)C(=O)O.O=C(Nc1nnc(Cc2cc(F)cc(F)c2)s1)c1ccc(OC2CCC(C(=O)O)CC2)cc1. The van der Waals surface area contributed by atoms with Crippen molar-refractivity contribution >= 4 is 34.3 Å². The van der Waals surface area contributed by atoms with Crippen molar-refractivity contribution < 1.29 is 38.1 Å². The summed E-state index contributed by atoms with van der Waals surface area (Å²) in [5, 5.41) is 28.7. The van der Waals surface area contributed by atoms with E-state index < -0.39 is 29.6 Å². The quantitative estimate of drug-likeness (QED) is 0.184. The van der Waals surface area contributed by atoms with Crippen molar-refractivity contribution in [2.24, 2.45) is 17.4 Å². The third kappa shape index (κ3) is 11.3. The second-order valence-electron chi connectivity index (χ2n) is 10.1. The van der Waals surface area contributed by atoms with Crippen molar-refractivity contribution in [3.63, 3.8) is 0 Å². The first-order valence-electron chi connectivity index (χ1n) is 13.8. The fourth-order valence-electron chi connectivity index (χ4n) is 4.37. The summed E-state index contributed by atoms with van der Waals surface area (Å²) in [6, 6.07) is 9.19. The highest BCUT2D eigenvalue weighted by molar-refractivity contribution is 7.15. The number of carbonyl (C=O) groups is 3.